The summed E-state index contributed by atoms with van der Waals surface area (Å²) in [6, 6.07) is 0. The van der Waals surface area contributed by atoms with E-state index in [-0.39, 0.29) is 11.9 Å². The average Bonchev–Trinajstić information content (AvgIpc) is 2.55. The third kappa shape index (κ3) is 3.54. The first-order valence-electron chi connectivity index (χ1n) is 5.16. The molecule has 0 aromatic carbocycles. The van der Waals surface area contributed by atoms with E-state index in [0.717, 1.165) is 6.42 Å². The highest BCUT2D eigenvalue weighted by molar-refractivity contribution is 5.79. The van der Waals surface area contributed by atoms with E-state index in [4.69, 9.17) is 21.3 Å². The zero-order chi connectivity index (χ0) is 12.7. The number of nitrogens with one attached hydrogen (secondary N) is 4. The van der Waals surface area contributed by atoms with Gasteiger partial charge in [0.25, 0.3) is 0 Å². The monoisotopic (exact) mass is 234 g/mol. The summed E-state index contributed by atoms with van der Waals surface area (Å²) in [5.74, 6) is 0.156. The van der Waals surface area contributed by atoms with E-state index in [1.807, 2.05) is 0 Å². The first kappa shape index (κ1) is 12.6. The summed E-state index contributed by atoms with van der Waals surface area (Å²) >= 11 is 0. The molecule has 0 aromatic heterocycles. The molecule has 0 aromatic rings. The van der Waals surface area contributed by atoms with E-state index in [0.29, 0.717) is 26.2 Å². The van der Waals surface area contributed by atoms with Gasteiger partial charge in [-0.2, -0.15) is 10.5 Å². The Labute approximate surface area is 99.4 Å². The molecule has 1 aliphatic heterocycles. The Morgan fingerprint density at radius 3 is 1.65 bits per heavy atom. The minimum absolute atomic E-state index is 0.0779. The lowest BCUT2D eigenvalue weighted by Gasteiger charge is -2.23. The normalized spacial score (nSPS) is 15.2. The maximum atomic E-state index is 8.43. The van der Waals surface area contributed by atoms with Crippen LogP contribution in [0.4, 0.5) is 0 Å². The Kier molecular flexibility index (Phi) is 4.58. The van der Waals surface area contributed by atoms with Gasteiger partial charge in [0.05, 0.1) is 0 Å². The Bertz CT molecular complexity index is 339. The van der Waals surface area contributed by atoms with Crippen LogP contribution in [0.15, 0.2) is 0 Å². The van der Waals surface area contributed by atoms with Crippen molar-refractivity contribution < 1.29 is 0 Å². The highest BCUT2D eigenvalue weighted by Gasteiger charge is 2.18. The van der Waals surface area contributed by atoms with Gasteiger partial charge in [-0.15, -0.1) is 0 Å². The lowest BCUT2D eigenvalue weighted by molar-refractivity contribution is 0.398. The van der Waals surface area contributed by atoms with Gasteiger partial charge in [0.2, 0.25) is 11.9 Å². The number of nitrogens with zero attached hydrogens (tertiary/aromatic N) is 4. The molecule has 0 saturated carbocycles. The number of hydrogen-bond acceptors (Lipinski definition) is 4. The van der Waals surface area contributed by atoms with Gasteiger partial charge >= 0.3 is 0 Å². The SMILES string of the molecule is N#CNC(=N)N1CCCN(C(=N)NC#N)CC1. The minimum atomic E-state index is 0.0779. The van der Waals surface area contributed by atoms with Gasteiger partial charge in [-0.3, -0.25) is 21.5 Å². The standard InChI is InChI=1S/C9H14N8/c10-6-14-8(12)16-2-1-3-17(5-4-16)9(13)15-7-11/h1-5H2,(H2,12,14)(H2,13,15). The highest BCUT2D eigenvalue weighted by Crippen LogP contribution is 2.02. The number of rotatable bonds is 0. The molecule has 8 nitrogen and oxygen atoms in total. The second-order valence-electron chi connectivity index (χ2n) is 3.50. The Hall–Kier alpha value is -2.48. The fourth-order valence-electron chi connectivity index (χ4n) is 1.63. The molecule has 1 heterocycles. The lowest BCUT2D eigenvalue weighted by Crippen LogP contribution is -2.43. The molecular weight excluding hydrogens is 220 g/mol. The first-order chi connectivity index (χ1) is 8.19. The molecule has 0 aliphatic carbocycles. The summed E-state index contributed by atoms with van der Waals surface area (Å²) in [4.78, 5) is 3.48. The number of guanidine groups is 2. The average molecular weight is 234 g/mol. The summed E-state index contributed by atoms with van der Waals surface area (Å²) in [6.45, 7) is 2.40. The third-order valence-corrected chi connectivity index (χ3v) is 2.48. The van der Waals surface area contributed by atoms with Gasteiger partial charge in [-0.05, 0) is 6.42 Å². The summed E-state index contributed by atoms with van der Waals surface area (Å²) in [5, 5.41) is 36.6. The predicted molar refractivity (Wildman–Crippen MR) is 60.7 cm³/mol. The molecule has 0 atom stereocenters. The quantitative estimate of drug-likeness (QED) is 0.184. The molecule has 4 N–H and O–H groups in total. The van der Waals surface area contributed by atoms with Crippen molar-refractivity contribution in [1.29, 1.82) is 21.3 Å². The number of nitriles is 2. The van der Waals surface area contributed by atoms with Crippen LogP contribution in [0.1, 0.15) is 6.42 Å². The van der Waals surface area contributed by atoms with Crippen LogP contribution in [0.3, 0.4) is 0 Å². The molecule has 0 spiro atoms. The summed E-state index contributed by atoms with van der Waals surface area (Å²) in [6.07, 6.45) is 4.19. The Morgan fingerprint density at radius 1 is 0.882 bits per heavy atom. The van der Waals surface area contributed by atoms with Crippen LogP contribution >= 0.6 is 0 Å². The smallest absolute Gasteiger partial charge is 0.204 e. The Morgan fingerprint density at radius 2 is 1.29 bits per heavy atom. The summed E-state index contributed by atoms with van der Waals surface area (Å²) in [5.41, 5.74) is 0. The summed E-state index contributed by atoms with van der Waals surface area (Å²) in [7, 11) is 0. The molecule has 0 bridgehead atoms. The minimum Gasteiger partial charge on any atom is -0.341 e. The molecule has 0 unspecified atom stereocenters. The molecule has 1 aliphatic rings. The van der Waals surface area contributed by atoms with Gasteiger partial charge in [0.15, 0.2) is 12.4 Å². The largest absolute Gasteiger partial charge is 0.341 e. The maximum absolute atomic E-state index is 8.43. The maximum Gasteiger partial charge on any atom is 0.204 e. The van der Waals surface area contributed by atoms with E-state index in [1.54, 1.807) is 22.2 Å². The van der Waals surface area contributed by atoms with Gasteiger partial charge in [0, 0.05) is 26.2 Å². The van der Waals surface area contributed by atoms with Gasteiger partial charge in [-0.1, -0.05) is 0 Å². The van der Waals surface area contributed by atoms with Crippen molar-refractivity contribution in [3.8, 4) is 12.4 Å². The topological polar surface area (TPSA) is 126 Å². The van der Waals surface area contributed by atoms with Crippen molar-refractivity contribution in [2.75, 3.05) is 26.2 Å². The van der Waals surface area contributed by atoms with Crippen molar-refractivity contribution in [2.45, 2.75) is 6.42 Å². The van der Waals surface area contributed by atoms with Gasteiger partial charge in [0.1, 0.15) is 0 Å². The molecule has 0 radical (unpaired) electrons. The second kappa shape index (κ2) is 6.18. The van der Waals surface area contributed by atoms with Crippen LogP contribution in [-0.4, -0.2) is 47.9 Å². The van der Waals surface area contributed by atoms with E-state index in [9.17, 15) is 0 Å². The molecule has 8 heteroatoms. The molecule has 1 saturated heterocycles. The van der Waals surface area contributed by atoms with Gasteiger partial charge < -0.3 is 9.80 Å². The molecular formula is C9H14N8. The molecule has 1 rings (SSSR count). The van der Waals surface area contributed by atoms with Crippen LogP contribution in [0.2, 0.25) is 0 Å². The summed E-state index contributed by atoms with van der Waals surface area (Å²) < 4.78 is 0. The van der Waals surface area contributed by atoms with E-state index in [1.165, 1.54) is 0 Å². The molecule has 0 amide bonds. The fourth-order valence-corrected chi connectivity index (χ4v) is 1.63. The van der Waals surface area contributed by atoms with Crippen molar-refractivity contribution in [3.63, 3.8) is 0 Å². The Balaban J connectivity index is 2.51. The lowest BCUT2D eigenvalue weighted by atomic mass is 10.4. The molecule has 90 valence electrons. The molecule has 1 fully saturated rings. The first-order valence-corrected chi connectivity index (χ1v) is 5.16. The van der Waals surface area contributed by atoms with Crippen molar-refractivity contribution in [2.24, 2.45) is 0 Å². The van der Waals surface area contributed by atoms with Crippen LogP contribution < -0.4 is 10.6 Å². The van der Waals surface area contributed by atoms with Crippen LogP contribution in [0, 0.1) is 33.7 Å². The third-order valence-electron chi connectivity index (χ3n) is 2.48. The zero-order valence-corrected chi connectivity index (χ0v) is 9.32. The van der Waals surface area contributed by atoms with Crippen LogP contribution in [0.5, 0.6) is 0 Å². The van der Waals surface area contributed by atoms with Crippen LogP contribution in [0.25, 0.3) is 0 Å². The molecule has 17 heavy (non-hydrogen) atoms. The number of hydrogen-bond donors (Lipinski definition) is 4. The van der Waals surface area contributed by atoms with Crippen molar-refractivity contribution >= 4 is 11.9 Å². The predicted octanol–water partition coefficient (Wildman–Crippen LogP) is -0.995. The van der Waals surface area contributed by atoms with Gasteiger partial charge in [-0.25, -0.2) is 0 Å². The zero-order valence-electron chi connectivity index (χ0n) is 9.32. The van der Waals surface area contributed by atoms with Crippen molar-refractivity contribution in [3.05, 3.63) is 0 Å². The van der Waals surface area contributed by atoms with E-state index >= 15 is 0 Å². The highest BCUT2D eigenvalue weighted by atomic mass is 15.3. The van der Waals surface area contributed by atoms with Crippen molar-refractivity contribution in [1.82, 2.24) is 20.4 Å². The fraction of sp³-hybridized carbons (Fsp3) is 0.556. The van der Waals surface area contributed by atoms with Crippen LogP contribution in [-0.2, 0) is 0 Å². The second-order valence-corrected chi connectivity index (χ2v) is 3.50. The van der Waals surface area contributed by atoms with E-state index in [2.05, 4.69) is 10.6 Å². The van der Waals surface area contributed by atoms with E-state index < -0.39 is 0 Å².